The van der Waals surface area contributed by atoms with E-state index in [2.05, 4.69) is 35.2 Å². The number of rotatable bonds is 5. The van der Waals surface area contributed by atoms with Crippen molar-refractivity contribution in [2.45, 2.75) is 20.5 Å². The molecule has 0 aliphatic rings. The van der Waals surface area contributed by atoms with Crippen molar-refractivity contribution in [3.8, 4) is 5.88 Å². The molecule has 6 nitrogen and oxygen atoms in total. The van der Waals surface area contributed by atoms with Crippen molar-refractivity contribution in [2.24, 2.45) is 5.84 Å². The van der Waals surface area contributed by atoms with E-state index >= 15 is 0 Å². The molecule has 0 bridgehead atoms. The topological polar surface area (TPSA) is 89.3 Å². The molecule has 0 unspecified atom stereocenters. The normalized spacial score (nSPS) is 9.27. The van der Waals surface area contributed by atoms with Crippen LogP contribution < -0.4 is 21.3 Å². The predicted octanol–water partition coefficient (Wildman–Crippen LogP) is 1.93. The molecule has 2 aromatic rings. The minimum Gasteiger partial charge on any atom is -0.473 e. The van der Waals surface area contributed by atoms with Crippen LogP contribution in [0.4, 0.5) is 5.69 Å². The van der Waals surface area contributed by atoms with Crippen LogP contribution in [0.1, 0.15) is 16.8 Å². The monoisotopic (exact) mass is 302 g/mol. The summed E-state index contributed by atoms with van der Waals surface area (Å²) in [6.45, 7) is 4.57. The van der Waals surface area contributed by atoms with Gasteiger partial charge in [0.25, 0.3) is 0 Å². The SMILES string of the molecule is CNc1cccc(C)c1COc1cccc(C)n1.NNC=O. The van der Waals surface area contributed by atoms with Gasteiger partial charge >= 0.3 is 0 Å². The van der Waals surface area contributed by atoms with Crippen molar-refractivity contribution < 1.29 is 9.53 Å². The Bertz CT molecular complexity index is 602. The van der Waals surface area contributed by atoms with Crippen molar-refractivity contribution in [2.75, 3.05) is 12.4 Å². The first-order chi connectivity index (χ1) is 10.6. The molecular formula is C16H22N4O2. The van der Waals surface area contributed by atoms with Gasteiger partial charge < -0.3 is 10.1 Å². The van der Waals surface area contributed by atoms with E-state index in [1.807, 2.05) is 38.2 Å². The second-order valence-electron chi connectivity index (χ2n) is 4.54. The highest BCUT2D eigenvalue weighted by atomic mass is 16.5. The molecule has 118 valence electrons. The van der Waals surface area contributed by atoms with Crippen LogP contribution in [0.2, 0.25) is 0 Å². The fourth-order valence-electron chi connectivity index (χ4n) is 1.87. The van der Waals surface area contributed by atoms with Gasteiger partial charge in [-0.1, -0.05) is 18.2 Å². The van der Waals surface area contributed by atoms with Gasteiger partial charge in [0, 0.05) is 30.1 Å². The Labute approximate surface area is 130 Å². The molecule has 4 N–H and O–H groups in total. The van der Waals surface area contributed by atoms with Crippen LogP contribution in [0.15, 0.2) is 36.4 Å². The Morgan fingerprint density at radius 3 is 2.50 bits per heavy atom. The summed E-state index contributed by atoms with van der Waals surface area (Å²) in [6, 6.07) is 12.0. The third-order valence-corrected chi connectivity index (χ3v) is 2.97. The maximum absolute atomic E-state index is 8.94. The molecule has 0 spiro atoms. The number of nitrogens with zero attached hydrogens (tertiary/aromatic N) is 1. The van der Waals surface area contributed by atoms with Gasteiger partial charge in [0.15, 0.2) is 0 Å². The Balaban J connectivity index is 0.000000541. The van der Waals surface area contributed by atoms with Crippen LogP contribution in [-0.4, -0.2) is 18.4 Å². The predicted molar refractivity (Wildman–Crippen MR) is 87.4 cm³/mol. The van der Waals surface area contributed by atoms with Crippen LogP contribution in [0.5, 0.6) is 5.88 Å². The molecule has 0 radical (unpaired) electrons. The first-order valence-corrected chi connectivity index (χ1v) is 6.84. The number of benzene rings is 1. The largest absolute Gasteiger partial charge is 0.473 e. The highest BCUT2D eigenvalue weighted by Gasteiger charge is 2.05. The summed E-state index contributed by atoms with van der Waals surface area (Å²) in [7, 11) is 1.92. The molecule has 22 heavy (non-hydrogen) atoms. The number of pyridine rings is 1. The lowest BCUT2D eigenvalue weighted by Gasteiger charge is -2.13. The average Bonchev–Trinajstić information content (AvgIpc) is 2.53. The number of anilines is 1. The number of hydrogen-bond acceptors (Lipinski definition) is 5. The molecule has 2 rings (SSSR count). The van der Waals surface area contributed by atoms with Crippen LogP contribution in [0.3, 0.4) is 0 Å². The highest BCUT2D eigenvalue weighted by Crippen LogP contribution is 2.21. The Kier molecular flexibility index (Phi) is 7.42. The Hall–Kier alpha value is -2.60. The van der Waals surface area contributed by atoms with E-state index in [0.717, 1.165) is 11.4 Å². The van der Waals surface area contributed by atoms with Crippen LogP contribution in [0, 0.1) is 13.8 Å². The van der Waals surface area contributed by atoms with E-state index in [9.17, 15) is 0 Å². The first-order valence-electron chi connectivity index (χ1n) is 6.84. The summed E-state index contributed by atoms with van der Waals surface area (Å²) in [5, 5.41) is 3.18. The molecule has 6 heteroatoms. The molecule has 0 atom stereocenters. The zero-order chi connectivity index (χ0) is 16.4. The van der Waals surface area contributed by atoms with Gasteiger partial charge in [-0.2, -0.15) is 0 Å². The van der Waals surface area contributed by atoms with Crippen LogP contribution >= 0.6 is 0 Å². The zero-order valence-electron chi connectivity index (χ0n) is 13.1. The van der Waals surface area contributed by atoms with E-state index < -0.39 is 0 Å². The fourth-order valence-corrected chi connectivity index (χ4v) is 1.87. The van der Waals surface area contributed by atoms with Crippen LogP contribution in [0.25, 0.3) is 0 Å². The molecular weight excluding hydrogens is 280 g/mol. The van der Waals surface area contributed by atoms with Gasteiger partial charge in [-0.3, -0.25) is 10.2 Å². The fraction of sp³-hybridized carbons (Fsp3) is 0.250. The minimum atomic E-state index is 0.403. The summed E-state index contributed by atoms with van der Waals surface area (Å²) in [5.41, 5.74) is 6.20. The number of hydrazine groups is 1. The van der Waals surface area contributed by atoms with Crippen molar-refractivity contribution in [3.05, 3.63) is 53.2 Å². The van der Waals surface area contributed by atoms with Crippen molar-refractivity contribution in [1.82, 2.24) is 10.4 Å². The van der Waals surface area contributed by atoms with Crippen molar-refractivity contribution in [1.29, 1.82) is 0 Å². The second-order valence-corrected chi connectivity index (χ2v) is 4.54. The highest BCUT2D eigenvalue weighted by molar-refractivity contribution is 5.53. The summed E-state index contributed by atoms with van der Waals surface area (Å²) in [6.07, 6.45) is 0.403. The number of carbonyl (C=O) groups is 1. The standard InChI is InChI=1S/C15H18N2O.CH4N2O/c1-11-6-4-8-14(16-3)13(11)10-18-15-9-5-7-12(2)17-15;2-3-1-4/h4-9,16H,10H2,1-3H3;1H,2H2,(H,3,4). The number of aryl methyl sites for hydroxylation is 2. The van der Waals surface area contributed by atoms with Gasteiger partial charge in [-0.15, -0.1) is 0 Å². The Morgan fingerprint density at radius 2 is 1.91 bits per heavy atom. The zero-order valence-corrected chi connectivity index (χ0v) is 13.1. The molecule has 0 fully saturated rings. The Morgan fingerprint density at radius 1 is 1.23 bits per heavy atom. The lowest BCUT2D eigenvalue weighted by Crippen LogP contribution is -2.18. The summed E-state index contributed by atoms with van der Waals surface area (Å²) in [4.78, 5) is 13.3. The van der Waals surface area contributed by atoms with Gasteiger partial charge in [-0.05, 0) is 31.5 Å². The lowest BCUT2D eigenvalue weighted by atomic mass is 10.1. The third kappa shape index (κ3) is 5.41. The van der Waals surface area contributed by atoms with Crippen LogP contribution in [-0.2, 0) is 11.4 Å². The molecule has 0 saturated carbocycles. The van der Waals surface area contributed by atoms with Crippen molar-refractivity contribution >= 4 is 12.1 Å². The summed E-state index contributed by atoms with van der Waals surface area (Å²) < 4.78 is 5.75. The van der Waals surface area contributed by atoms with E-state index in [0.29, 0.717) is 18.9 Å². The molecule has 0 aliphatic heterocycles. The maximum atomic E-state index is 8.94. The second kappa shape index (κ2) is 9.36. The summed E-state index contributed by atoms with van der Waals surface area (Å²) in [5.74, 6) is 5.08. The number of amides is 1. The quantitative estimate of drug-likeness (QED) is 0.340. The van der Waals surface area contributed by atoms with E-state index in [1.54, 1.807) is 5.43 Å². The average molecular weight is 302 g/mol. The number of hydrogen-bond donors (Lipinski definition) is 3. The molecule has 1 aromatic heterocycles. The summed E-state index contributed by atoms with van der Waals surface area (Å²) >= 11 is 0. The van der Waals surface area contributed by atoms with E-state index in [-0.39, 0.29) is 0 Å². The lowest BCUT2D eigenvalue weighted by molar-refractivity contribution is -0.109. The number of ether oxygens (including phenoxy) is 1. The third-order valence-electron chi connectivity index (χ3n) is 2.97. The molecule has 0 saturated heterocycles. The van der Waals surface area contributed by atoms with Crippen molar-refractivity contribution in [3.63, 3.8) is 0 Å². The molecule has 0 aliphatic carbocycles. The number of nitrogens with two attached hydrogens (primary N) is 1. The van der Waals surface area contributed by atoms with E-state index in [1.165, 1.54) is 11.1 Å². The van der Waals surface area contributed by atoms with Gasteiger partial charge in [0.1, 0.15) is 6.61 Å². The number of aromatic nitrogens is 1. The number of nitrogens with one attached hydrogen (secondary N) is 2. The van der Waals surface area contributed by atoms with Gasteiger partial charge in [-0.25, -0.2) is 10.8 Å². The van der Waals surface area contributed by atoms with Gasteiger partial charge in [0.05, 0.1) is 0 Å². The number of carbonyl (C=O) groups excluding carboxylic acids is 1. The molecule has 1 aromatic carbocycles. The minimum absolute atomic E-state index is 0.403. The van der Waals surface area contributed by atoms with Gasteiger partial charge in [0.2, 0.25) is 12.3 Å². The smallest absolute Gasteiger partial charge is 0.221 e. The molecule has 1 heterocycles. The van der Waals surface area contributed by atoms with E-state index in [4.69, 9.17) is 9.53 Å². The molecule has 1 amide bonds. The first kappa shape index (κ1) is 17.5. The maximum Gasteiger partial charge on any atom is 0.221 e.